The first-order chi connectivity index (χ1) is 11.0. The molecule has 130 valence electrons. The van der Waals surface area contributed by atoms with E-state index in [1.807, 2.05) is 24.3 Å². The first-order valence-electron chi connectivity index (χ1n) is 8.42. The average molecular weight is 350 g/mol. The van der Waals surface area contributed by atoms with Gasteiger partial charge in [-0.2, -0.15) is 0 Å². The van der Waals surface area contributed by atoms with Crippen LogP contribution in [0, 0.1) is 11.3 Å². The van der Waals surface area contributed by atoms with E-state index in [1.54, 1.807) is 11.9 Å². The van der Waals surface area contributed by atoms with Crippen LogP contribution in [0.4, 0.5) is 5.69 Å². The van der Waals surface area contributed by atoms with Gasteiger partial charge < -0.3 is 15.5 Å². The molecule has 0 aromatic heterocycles. The quantitative estimate of drug-likeness (QED) is 0.904. The van der Waals surface area contributed by atoms with Gasteiger partial charge in [0.15, 0.2) is 0 Å². The number of hydrogen-bond donors (Lipinski definition) is 1. The second-order valence-corrected chi connectivity index (χ2v) is 7.27. The van der Waals surface area contributed by atoms with Crippen molar-refractivity contribution in [1.82, 2.24) is 4.90 Å². The topological polar surface area (TPSA) is 66.6 Å². The van der Waals surface area contributed by atoms with Crippen molar-refractivity contribution in [3.63, 3.8) is 0 Å². The maximum Gasteiger partial charge on any atom is 0.235 e. The molecule has 0 saturated carbocycles. The number of piperidine rings is 3. The largest absolute Gasteiger partial charge is 0.369 e. The minimum atomic E-state index is -0.418. The van der Waals surface area contributed by atoms with Gasteiger partial charge in [0.2, 0.25) is 11.8 Å². The zero-order valence-corrected chi connectivity index (χ0v) is 14.7. The first-order valence-corrected chi connectivity index (χ1v) is 8.42. The number of nitrogens with zero attached hydrogens (tertiary/aromatic N) is 2. The number of likely N-dealkylation sites (N-methyl/N-ethyl adjacent to an activating group) is 1. The van der Waals surface area contributed by atoms with Crippen molar-refractivity contribution in [1.29, 1.82) is 0 Å². The number of hydrogen-bond acceptors (Lipinski definition) is 3. The van der Waals surface area contributed by atoms with Gasteiger partial charge in [-0.25, -0.2) is 0 Å². The summed E-state index contributed by atoms with van der Waals surface area (Å²) in [6.45, 7) is 3.05. The van der Waals surface area contributed by atoms with Crippen LogP contribution in [0.1, 0.15) is 30.7 Å². The molecule has 4 aliphatic rings. The fourth-order valence-corrected chi connectivity index (χ4v) is 4.98. The van der Waals surface area contributed by atoms with Crippen molar-refractivity contribution in [3.05, 3.63) is 29.8 Å². The molecule has 6 heteroatoms. The molecule has 1 aromatic carbocycles. The number of primary amides is 1. The molecule has 4 aliphatic heterocycles. The van der Waals surface area contributed by atoms with E-state index in [4.69, 9.17) is 5.73 Å². The second-order valence-electron chi connectivity index (χ2n) is 7.27. The molecule has 4 heterocycles. The zero-order valence-electron chi connectivity index (χ0n) is 13.9. The highest BCUT2D eigenvalue weighted by atomic mass is 35.5. The fraction of sp³-hybridized carbons (Fsp3) is 0.556. The van der Waals surface area contributed by atoms with Crippen LogP contribution in [-0.4, -0.2) is 43.4 Å². The van der Waals surface area contributed by atoms with Gasteiger partial charge in [-0.3, -0.25) is 9.59 Å². The third-order valence-corrected chi connectivity index (χ3v) is 6.31. The molecule has 2 bridgehead atoms. The van der Waals surface area contributed by atoms with E-state index in [2.05, 4.69) is 4.90 Å². The van der Waals surface area contributed by atoms with E-state index >= 15 is 0 Å². The molecule has 0 spiro atoms. The molecule has 24 heavy (non-hydrogen) atoms. The molecule has 2 N–H and O–H groups in total. The maximum absolute atomic E-state index is 12.9. The Hall–Kier alpha value is -1.59. The van der Waals surface area contributed by atoms with E-state index in [0.29, 0.717) is 0 Å². The number of rotatable bonds is 3. The van der Waals surface area contributed by atoms with Crippen LogP contribution in [-0.2, 0) is 9.59 Å². The van der Waals surface area contributed by atoms with Crippen LogP contribution >= 0.6 is 12.4 Å². The summed E-state index contributed by atoms with van der Waals surface area (Å²) in [4.78, 5) is 29.5. The standard InChI is InChI=1S/C18H23N3O2.ClH/c1-20-13-5-3-2-4-12(13)14(17(20)23)15(16(19)22)18-6-9-21(10-7-18)11-8-18;/h2-5,14-15H,6-11H2,1H3,(H2,19,22);1H. The Morgan fingerprint density at radius 3 is 2.38 bits per heavy atom. The van der Waals surface area contributed by atoms with Gasteiger partial charge in [0.05, 0.1) is 11.8 Å². The zero-order chi connectivity index (χ0) is 16.2. The number of fused-ring (bicyclic) bond motifs is 4. The third-order valence-electron chi connectivity index (χ3n) is 6.31. The van der Waals surface area contributed by atoms with Crippen LogP contribution in [0.2, 0.25) is 0 Å². The number of carbonyl (C=O) groups is 2. The highest BCUT2D eigenvalue weighted by Crippen LogP contribution is 2.54. The van der Waals surface area contributed by atoms with Crippen molar-refractivity contribution >= 4 is 29.9 Å². The summed E-state index contributed by atoms with van der Waals surface area (Å²) in [5.74, 6) is -1.12. The van der Waals surface area contributed by atoms with Gasteiger partial charge in [0.25, 0.3) is 0 Å². The Bertz CT molecular complexity index is 656. The van der Waals surface area contributed by atoms with Gasteiger partial charge in [-0.15, -0.1) is 12.4 Å². The molecule has 3 saturated heterocycles. The van der Waals surface area contributed by atoms with E-state index in [9.17, 15) is 9.59 Å². The van der Waals surface area contributed by atoms with Crippen molar-refractivity contribution in [2.24, 2.45) is 17.1 Å². The van der Waals surface area contributed by atoms with Crippen molar-refractivity contribution in [3.8, 4) is 0 Å². The summed E-state index contributed by atoms with van der Waals surface area (Å²) in [6, 6.07) is 7.80. The van der Waals surface area contributed by atoms with E-state index in [1.165, 1.54) is 0 Å². The lowest BCUT2D eigenvalue weighted by Crippen LogP contribution is -2.56. The average Bonchev–Trinajstić information content (AvgIpc) is 2.82. The molecule has 1 aromatic rings. The van der Waals surface area contributed by atoms with Crippen LogP contribution in [0.3, 0.4) is 0 Å². The summed E-state index contributed by atoms with van der Waals surface area (Å²) in [7, 11) is 1.79. The number of benzene rings is 1. The summed E-state index contributed by atoms with van der Waals surface area (Å²) in [5, 5.41) is 0. The lowest BCUT2D eigenvalue weighted by atomic mass is 9.59. The van der Waals surface area contributed by atoms with E-state index in [0.717, 1.165) is 50.1 Å². The molecule has 5 rings (SSSR count). The van der Waals surface area contributed by atoms with Gasteiger partial charge in [0, 0.05) is 12.7 Å². The number of carbonyl (C=O) groups excluding carboxylic acids is 2. The molecule has 2 atom stereocenters. The van der Waals surface area contributed by atoms with Gasteiger partial charge >= 0.3 is 0 Å². The van der Waals surface area contributed by atoms with Crippen LogP contribution < -0.4 is 10.6 Å². The lowest BCUT2D eigenvalue weighted by molar-refractivity contribution is -0.138. The molecule has 0 radical (unpaired) electrons. The Morgan fingerprint density at radius 2 is 1.79 bits per heavy atom. The van der Waals surface area contributed by atoms with Crippen LogP contribution in [0.15, 0.2) is 24.3 Å². The number of nitrogens with two attached hydrogens (primary N) is 1. The first kappa shape index (κ1) is 17.2. The Balaban J connectivity index is 0.00000169. The van der Waals surface area contributed by atoms with Gasteiger partial charge in [-0.1, -0.05) is 18.2 Å². The molecule has 5 nitrogen and oxygen atoms in total. The number of amides is 2. The van der Waals surface area contributed by atoms with E-state index < -0.39 is 11.8 Å². The van der Waals surface area contributed by atoms with Crippen LogP contribution in [0.5, 0.6) is 0 Å². The fourth-order valence-electron chi connectivity index (χ4n) is 4.98. The lowest BCUT2D eigenvalue weighted by Gasteiger charge is -2.52. The van der Waals surface area contributed by atoms with Crippen LogP contribution in [0.25, 0.3) is 0 Å². The highest BCUT2D eigenvalue weighted by molar-refractivity contribution is 6.07. The highest BCUT2D eigenvalue weighted by Gasteiger charge is 2.54. The number of para-hydroxylation sites is 1. The van der Waals surface area contributed by atoms with Crippen molar-refractivity contribution < 1.29 is 9.59 Å². The third kappa shape index (κ3) is 2.33. The molecule has 0 aliphatic carbocycles. The van der Waals surface area contributed by atoms with Crippen molar-refractivity contribution in [2.75, 3.05) is 31.6 Å². The maximum atomic E-state index is 12.9. The normalized spacial score (nSPS) is 32.2. The second kappa shape index (κ2) is 6.05. The predicted molar refractivity (Wildman–Crippen MR) is 95.2 cm³/mol. The summed E-state index contributed by atoms with van der Waals surface area (Å²) in [6.07, 6.45) is 2.91. The smallest absolute Gasteiger partial charge is 0.235 e. The Labute approximate surface area is 148 Å². The summed E-state index contributed by atoms with van der Waals surface area (Å²) < 4.78 is 0. The van der Waals surface area contributed by atoms with Crippen molar-refractivity contribution in [2.45, 2.75) is 25.2 Å². The Kier molecular flexibility index (Phi) is 4.34. The molecular formula is C18H24ClN3O2. The minimum Gasteiger partial charge on any atom is -0.369 e. The van der Waals surface area contributed by atoms with Gasteiger partial charge in [0.1, 0.15) is 0 Å². The van der Waals surface area contributed by atoms with Gasteiger partial charge in [-0.05, 0) is 55.9 Å². The molecule has 2 unspecified atom stereocenters. The number of anilines is 1. The minimum absolute atomic E-state index is 0. The van der Waals surface area contributed by atoms with E-state index in [-0.39, 0.29) is 29.6 Å². The summed E-state index contributed by atoms with van der Waals surface area (Å²) in [5.41, 5.74) is 7.63. The Morgan fingerprint density at radius 1 is 1.21 bits per heavy atom. The SMILES string of the molecule is CN1C(=O)C(C(C(N)=O)C23CCN(CC2)CC3)c2ccccc21.Cl. The summed E-state index contributed by atoms with van der Waals surface area (Å²) >= 11 is 0. The molecular weight excluding hydrogens is 326 g/mol. The monoisotopic (exact) mass is 349 g/mol. The number of halogens is 1. The predicted octanol–water partition coefficient (Wildman–Crippen LogP) is 1.76. The molecule has 3 fully saturated rings. The molecule has 2 amide bonds.